The highest BCUT2D eigenvalue weighted by atomic mass is 127. The summed E-state index contributed by atoms with van der Waals surface area (Å²) in [7, 11) is -1.83. The quantitative estimate of drug-likeness (QED) is 0.502. The first-order valence-corrected chi connectivity index (χ1v) is 12.3. The minimum atomic E-state index is -1.83. The second-order valence-electron chi connectivity index (χ2n) is 7.51. The van der Waals surface area contributed by atoms with Crippen LogP contribution in [0.3, 0.4) is 0 Å². The molecule has 7 heteroatoms. The van der Waals surface area contributed by atoms with E-state index in [2.05, 4.69) is 66.8 Å². The van der Waals surface area contributed by atoms with E-state index in [9.17, 15) is 0 Å². The van der Waals surface area contributed by atoms with Crippen molar-refractivity contribution in [2.24, 2.45) is 0 Å². The van der Waals surface area contributed by atoms with E-state index in [4.69, 9.17) is 20.8 Å². The lowest BCUT2D eigenvalue weighted by atomic mass is 10.1. The van der Waals surface area contributed by atoms with E-state index in [0.717, 1.165) is 22.4 Å². The minimum absolute atomic E-state index is 0.0554. The molecule has 0 spiro atoms. The third-order valence-electron chi connectivity index (χ3n) is 4.70. The molecule has 1 fully saturated rings. The molecule has 23 heavy (non-hydrogen) atoms. The van der Waals surface area contributed by atoms with E-state index in [-0.39, 0.29) is 17.2 Å². The van der Waals surface area contributed by atoms with Crippen LogP contribution < -0.4 is 5.32 Å². The van der Waals surface area contributed by atoms with Crippen molar-refractivity contribution in [1.29, 1.82) is 0 Å². The maximum absolute atomic E-state index is 6.58. The fraction of sp³-hybridized carbons (Fsp3) is 0.688. The SMILES string of the molecule is CC(C)(C)[Si](C)(C)O[C@@H]1COCC[C@H]1Nc1cc(I)c(Cl)cn1. The monoisotopic (exact) mass is 468 g/mol. The molecule has 1 N–H and O–H groups in total. The van der Waals surface area contributed by atoms with Crippen LogP contribution in [-0.4, -0.2) is 38.7 Å². The highest BCUT2D eigenvalue weighted by molar-refractivity contribution is 14.1. The summed E-state index contributed by atoms with van der Waals surface area (Å²) < 4.78 is 13.2. The van der Waals surface area contributed by atoms with Crippen LogP contribution in [0.25, 0.3) is 0 Å². The second kappa shape index (κ2) is 7.55. The number of pyridine rings is 1. The highest BCUT2D eigenvalue weighted by Gasteiger charge is 2.41. The van der Waals surface area contributed by atoms with Crippen LogP contribution in [0, 0.1) is 3.57 Å². The zero-order valence-electron chi connectivity index (χ0n) is 14.5. The average molecular weight is 469 g/mol. The Morgan fingerprint density at radius 1 is 1.43 bits per heavy atom. The van der Waals surface area contributed by atoms with Gasteiger partial charge >= 0.3 is 0 Å². The van der Waals surface area contributed by atoms with Gasteiger partial charge in [0, 0.05) is 16.4 Å². The number of halogens is 2. The van der Waals surface area contributed by atoms with Crippen molar-refractivity contribution in [2.75, 3.05) is 18.5 Å². The van der Waals surface area contributed by atoms with Crippen LogP contribution in [-0.2, 0) is 9.16 Å². The summed E-state index contributed by atoms with van der Waals surface area (Å²) in [6, 6.07) is 2.18. The third kappa shape index (κ3) is 5.04. The maximum Gasteiger partial charge on any atom is 0.192 e. The van der Waals surface area contributed by atoms with Crippen molar-refractivity contribution >= 4 is 48.3 Å². The Morgan fingerprint density at radius 3 is 2.74 bits per heavy atom. The van der Waals surface area contributed by atoms with Gasteiger partial charge in [0.15, 0.2) is 8.32 Å². The molecule has 1 aromatic rings. The van der Waals surface area contributed by atoms with Gasteiger partial charge in [0.2, 0.25) is 0 Å². The molecule has 0 amide bonds. The molecule has 0 bridgehead atoms. The van der Waals surface area contributed by atoms with E-state index in [1.165, 1.54) is 0 Å². The summed E-state index contributed by atoms with van der Waals surface area (Å²) >= 11 is 8.27. The van der Waals surface area contributed by atoms with Gasteiger partial charge in [0.05, 0.1) is 23.8 Å². The average Bonchev–Trinajstić information content (AvgIpc) is 2.43. The second-order valence-corrected chi connectivity index (χ2v) is 13.8. The van der Waals surface area contributed by atoms with Gasteiger partial charge in [0.25, 0.3) is 0 Å². The van der Waals surface area contributed by atoms with Crippen molar-refractivity contribution in [2.45, 2.75) is 57.5 Å². The summed E-state index contributed by atoms with van der Waals surface area (Å²) in [5, 5.41) is 4.38. The van der Waals surface area contributed by atoms with Crippen molar-refractivity contribution < 1.29 is 9.16 Å². The van der Waals surface area contributed by atoms with E-state index in [0.29, 0.717) is 11.6 Å². The predicted molar refractivity (Wildman–Crippen MR) is 107 cm³/mol. The van der Waals surface area contributed by atoms with Crippen LogP contribution in [0.15, 0.2) is 12.3 Å². The summed E-state index contributed by atoms with van der Waals surface area (Å²) in [6.45, 7) is 12.7. The summed E-state index contributed by atoms with van der Waals surface area (Å²) in [5.74, 6) is 0.842. The first-order chi connectivity index (χ1) is 10.6. The van der Waals surface area contributed by atoms with Gasteiger partial charge in [-0.15, -0.1) is 0 Å². The largest absolute Gasteiger partial charge is 0.409 e. The van der Waals surface area contributed by atoms with Gasteiger partial charge in [-0.1, -0.05) is 32.4 Å². The fourth-order valence-electron chi connectivity index (χ4n) is 2.23. The molecule has 130 valence electrons. The lowest BCUT2D eigenvalue weighted by Crippen LogP contribution is -2.52. The molecule has 2 rings (SSSR count). The first kappa shape index (κ1) is 19.4. The first-order valence-electron chi connectivity index (χ1n) is 7.93. The van der Waals surface area contributed by atoms with Gasteiger partial charge in [-0.25, -0.2) is 4.98 Å². The van der Waals surface area contributed by atoms with Crippen LogP contribution in [0.5, 0.6) is 0 Å². The molecule has 0 aromatic carbocycles. The molecule has 1 aliphatic rings. The van der Waals surface area contributed by atoms with Crippen LogP contribution in [0.4, 0.5) is 5.82 Å². The predicted octanol–water partition coefficient (Wildman–Crippen LogP) is 4.93. The topological polar surface area (TPSA) is 43.4 Å². The van der Waals surface area contributed by atoms with Crippen molar-refractivity contribution in [3.63, 3.8) is 0 Å². The number of ether oxygens (including phenoxy) is 1. The van der Waals surface area contributed by atoms with Crippen LogP contribution in [0.1, 0.15) is 27.2 Å². The molecule has 4 nitrogen and oxygen atoms in total. The van der Waals surface area contributed by atoms with Gasteiger partial charge in [-0.3, -0.25) is 0 Å². The molecule has 0 radical (unpaired) electrons. The lowest BCUT2D eigenvalue weighted by molar-refractivity contribution is -0.00702. The molecule has 2 heterocycles. The van der Waals surface area contributed by atoms with E-state index in [1.54, 1.807) is 6.20 Å². The summed E-state index contributed by atoms with van der Waals surface area (Å²) in [5.41, 5.74) is 0. The highest BCUT2D eigenvalue weighted by Crippen LogP contribution is 2.38. The van der Waals surface area contributed by atoms with Gasteiger partial charge in [-0.2, -0.15) is 0 Å². The molecule has 0 unspecified atom stereocenters. The van der Waals surface area contributed by atoms with E-state index in [1.807, 2.05) is 6.07 Å². The molecule has 1 aromatic heterocycles. The van der Waals surface area contributed by atoms with Crippen molar-refractivity contribution in [1.82, 2.24) is 4.98 Å². The molecule has 0 aliphatic carbocycles. The van der Waals surface area contributed by atoms with Crippen molar-refractivity contribution in [3.05, 3.63) is 20.9 Å². The minimum Gasteiger partial charge on any atom is -0.409 e. The Bertz CT molecular complexity index is 551. The fourth-order valence-corrected chi connectivity index (χ4v) is 4.11. The van der Waals surface area contributed by atoms with Gasteiger partial charge in [-0.05, 0) is 53.2 Å². The molecule has 1 aliphatic heterocycles. The molecule has 1 saturated heterocycles. The molecule has 2 atom stereocenters. The zero-order chi connectivity index (χ0) is 17.3. The molecular formula is C16H26ClIN2O2Si. The smallest absolute Gasteiger partial charge is 0.192 e. The van der Waals surface area contributed by atoms with E-state index < -0.39 is 8.32 Å². The van der Waals surface area contributed by atoms with Gasteiger partial charge < -0.3 is 14.5 Å². The Balaban J connectivity index is 2.10. The maximum atomic E-state index is 6.58. The summed E-state index contributed by atoms with van der Waals surface area (Å²) in [6.07, 6.45) is 2.66. The number of hydrogen-bond acceptors (Lipinski definition) is 4. The molecular weight excluding hydrogens is 443 g/mol. The molecule has 0 saturated carbocycles. The number of nitrogens with one attached hydrogen (secondary N) is 1. The Morgan fingerprint density at radius 2 is 2.13 bits per heavy atom. The van der Waals surface area contributed by atoms with Crippen LogP contribution >= 0.6 is 34.2 Å². The Kier molecular flexibility index (Phi) is 6.38. The van der Waals surface area contributed by atoms with Crippen LogP contribution in [0.2, 0.25) is 23.2 Å². The lowest BCUT2D eigenvalue weighted by Gasteiger charge is -2.43. The van der Waals surface area contributed by atoms with Gasteiger partial charge in [0.1, 0.15) is 5.82 Å². The number of hydrogen-bond donors (Lipinski definition) is 1. The van der Waals surface area contributed by atoms with Crippen molar-refractivity contribution in [3.8, 4) is 0 Å². The zero-order valence-corrected chi connectivity index (χ0v) is 18.4. The normalized spacial score (nSPS) is 22.9. The third-order valence-corrected chi connectivity index (χ3v) is 10.7. The number of aromatic nitrogens is 1. The summed E-state index contributed by atoms with van der Waals surface area (Å²) in [4.78, 5) is 4.38. The Hall–Kier alpha value is 0.107. The number of anilines is 1. The number of rotatable bonds is 4. The van der Waals surface area contributed by atoms with E-state index >= 15 is 0 Å². The standard InChI is InChI=1S/C16H26ClIN2O2Si/c1-16(2,3)23(4,5)22-14-10-21-7-6-13(14)20-15-8-12(18)11(17)9-19-15/h8-9,13-14H,6-7,10H2,1-5H3,(H,19,20)/t13-,14-/m1/s1. The number of nitrogens with zero attached hydrogens (tertiary/aromatic N) is 1. The Labute approximate surface area is 159 Å².